The summed E-state index contributed by atoms with van der Waals surface area (Å²) in [6.45, 7) is 0. The summed E-state index contributed by atoms with van der Waals surface area (Å²) in [6, 6.07) is 8.25. The molecule has 0 spiro atoms. The number of anilines is 1. The number of pyridine rings is 1. The second-order valence-corrected chi connectivity index (χ2v) is 9.40. The molecule has 4 heterocycles. The van der Waals surface area contributed by atoms with Crippen LogP contribution in [-0.4, -0.2) is 44.7 Å². The van der Waals surface area contributed by atoms with Crippen LogP contribution in [0.25, 0.3) is 38.0 Å². The second kappa shape index (κ2) is 8.20. The summed E-state index contributed by atoms with van der Waals surface area (Å²) in [7, 11) is 1.85. The van der Waals surface area contributed by atoms with Gasteiger partial charge in [-0.3, -0.25) is 0 Å². The van der Waals surface area contributed by atoms with Crippen molar-refractivity contribution in [2.45, 2.75) is 31.8 Å². The van der Waals surface area contributed by atoms with Crippen LogP contribution in [0.4, 0.5) is 5.82 Å². The molecule has 166 valence electrons. The van der Waals surface area contributed by atoms with Gasteiger partial charge in [-0.2, -0.15) is 4.37 Å². The molecule has 0 atom stereocenters. The highest BCUT2D eigenvalue weighted by molar-refractivity contribution is 7.13. The van der Waals surface area contributed by atoms with E-state index < -0.39 is 0 Å². The molecule has 1 fully saturated rings. The van der Waals surface area contributed by atoms with Gasteiger partial charge in [-0.15, -0.1) is 0 Å². The summed E-state index contributed by atoms with van der Waals surface area (Å²) in [5.41, 5.74) is 3.73. The maximum absolute atomic E-state index is 9.76. The van der Waals surface area contributed by atoms with E-state index in [1.165, 1.54) is 11.5 Å². The number of nitrogens with one attached hydrogen (secondary N) is 1. The van der Waals surface area contributed by atoms with Crippen molar-refractivity contribution in [2.75, 3.05) is 12.4 Å². The van der Waals surface area contributed by atoms with Crippen LogP contribution in [-0.2, 0) is 0 Å². The van der Waals surface area contributed by atoms with Crippen molar-refractivity contribution in [3.05, 3.63) is 48.4 Å². The van der Waals surface area contributed by atoms with Crippen LogP contribution in [0.2, 0.25) is 0 Å². The highest BCUT2D eigenvalue weighted by atomic mass is 32.1. The van der Waals surface area contributed by atoms with Gasteiger partial charge in [0.15, 0.2) is 17.6 Å². The van der Waals surface area contributed by atoms with E-state index in [-0.39, 0.29) is 6.10 Å². The molecule has 6 rings (SSSR count). The Kier molecular flexibility index (Phi) is 5.04. The zero-order chi connectivity index (χ0) is 22.4. The fraction of sp³-hybridized carbons (Fsp3) is 0.280. The molecule has 3 aromatic heterocycles. The van der Waals surface area contributed by atoms with Crippen molar-refractivity contribution < 1.29 is 14.2 Å². The first-order chi connectivity index (χ1) is 16.2. The summed E-state index contributed by atoms with van der Waals surface area (Å²) in [5.74, 6) is 1.94. The fourth-order valence-corrected chi connectivity index (χ4v) is 5.44. The monoisotopic (exact) mass is 458 g/mol. The maximum atomic E-state index is 9.76. The number of furan rings is 1. The predicted octanol–water partition coefficient (Wildman–Crippen LogP) is 5.12. The number of aliphatic hydroxyl groups is 1. The molecule has 33 heavy (non-hydrogen) atoms. The molecule has 0 saturated heterocycles. The zero-order valence-electron chi connectivity index (χ0n) is 18.2. The Labute approximate surface area is 194 Å². The Hall–Kier alpha value is -3.36. The Morgan fingerprint density at radius 3 is 2.91 bits per heavy atom. The van der Waals surface area contributed by atoms with E-state index in [4.69, 9.17) is 4.42 Å². The van der Waals surface area contributed by atoms with Crippen LogP contribution in [0.15, 0.2) is 52.4 Å². The Balaban J connectivity index is 1.41. The standard InChI is InChI=1S/C25H24N5O2S/c1-26-25-23-20(9-22(32-23)19-4-2-3-16-11-29-33-24(16)19)21(12-27-25)17-10-28-30(14-17)13-15-5-7-18(31)8-6-15/h2-4,9-15,18,31H,5-8H2,1H3,(H,26,27)/q+1. The van der Waals surface area contributed by atoms with Crippen molar-refractivity contribution in [2.24, 2.45) is 11.0 Å². The SMILES string of the molecule is CNc1ncc(C2=C[N+](=CC3CCC(O)CC3)N=C2)c2cc(-c3cccc4cnsc34)oc12. The lowest BCUT2D eigenvalue weighted by Crippen LogP contribution is -2.20. The molecule has 0 amide bonds. The number of aliphatic hydroxyl groups excluding tert-OH is 1. The van der Waals surface area contributed by atoms with Crippen molar-refractivity contribution in [3.8, 4) is 11.3 Å². The minimum atomic E-state index is -0.154. The van der Waals surface area contributed by atoms with Crippen LogP contribution in [0.3, 0.4) is 0 Å². The fourth-order valence-electron chi connectivity index (χ4n) is 4.68. The smallest absolute Gasteiger partial charge is 0.211 e. The lowest BCUT2D eigenvalue weighted by atomic mass is 9.88. The number of allylic oxidation sites excluding steroid dienone is 1. The second-order valence-electron chi connectivity index (χ2n) is 8.60. The van der Waals surface area contributed by atoms with E-state index in [0.717, 1.165) is 69.2 Å². The molecule has 1 aliphatic heterocycles. The third-order valence-electron chi connectivity index (χ3n) is 6.46. The Morgan fingerprint density at radius 2 is 2.06 bits per heavy atom. The lowest BCUT2D eigenvalue weighted by molar-refractivity contribution is -0.454. The summed E-state index contributed by atoms with van der Waals surface area (Å²) in [6.07, 6.45) is 13.4. The maximum Gasteiger partial charge on any atom is 0.211 e. The summed E-state index contributed by atoms with van der Waals surface area (Å²) in [5, 5.41) is 19.6. The minimum Gasteiger partial charge on any atom is -0.452 e. The van der Waals surface area contributed by atoms with E-state index >= 15 is 0 Å². The summed E-state index contributed by atoms with van der Waals surface area (Å²) in [4.78, 5) is 4.60. The van der Waals surface area contributed by atoms with Gasteiger partial charge in [-0.25, -0.2) is 4.98 Å². The molecule has 7 nitrogen and oxygen atoms in total. The molecule has 0 bridgehead atoms. The normalized spacial score (nSPS) is 21.9. The molecule has 1 aliphatic carbocycles. The van der Waals surface area contributed by atoms with E-state index in [2.05, 4.69) is 44.2 Å². The summed E-state index contributed by atoms with van der Waals surface area (Å²) >= 11 is 1.47. The van der Waals surface area contributed by atoms with E-state index in [0.29, 0.717) is 11.7 Å². The highest BCUT2D eigenvalue weighted by Crippen LogP contribution is 2.39. The third-order valence-corrected chi connectivity index (χ3v) is 7.31. The van der Waals surface area contributed by atoms with E-state index in [1.807, 2.05) is 42.6 Å². The Morgan fingerprint density at radius 1 is 1.18 bits per heavy atom. The number of hydrazone groups is 1. The van der Waals surface area contributed by atoms with Crippen molar-refractivity contribution >= 4 is 56.4 Å². The van der Waals surface area contributed by atoms with Crippen LogP contribution in [0, 0.1) is 5.92 Å². The van der Waals surface area contributed by atoms with Crippen molar-refractivity contribution in [3.63, 3.8) is 0 Å². The lowest BCUT2D eigenvalue weighted by Gasteiger charge is -2.20. The van der Waals surface area contributed by atoms with Crippen LogP contribution in [0.1, 0.15) is 31.2 Å². The van der Waals surface area contributed by atoms with Crippen molar-refractivity contribution in [1.82, 2.24) is 9.36 Å². The number of benzene rings is 1. The molecule has 4 aromatic rings. The van der Waals surface area contributed by atoms with Gasteiger partial charge in [-0.05, 0) is 54.4 Å². The first-order valence-electron chi connectivity index (χ1n) is 11.2. The number of aromatic nitrogens is 2. The number of hydrogen-bond donors (Lipinski definition) is 2. The highest BCUT2D eigenvalue weighted by Gasteiger charge is 2.24. The average Bonchev–Trinajstić information content (AvgIpc) is 3.59. The predicted molar refractivity (Wildman–Crippen MR) is 133 cm³/mol. The van der Waals surface area contributed by atoms with E-state index in [1.54, 1.807) is 0 Å². The molecular formula is C25H24N5O2S+. The molecule has 1 saturated carbocycles. The minimum absolute atomic E-state index is 0.154. The number of hydrogen-bond acceptors (Lipinski definition) is 7. The van der Waals surface area contributed by atoms with E-state index in [9.17, 15) is 5.11 Å². The molecule has 0 radical (unpaired) electrons. The van der Waals surface area contributed by atoms with Crippen molar-refractivity contribution in [1.29, 1.82) is 0 Å². The number of nitrogens with zero attached hydrogens (tertiary/aromatic N) is 4. The van der Waals surface area contributed by atoms with Gasteiger partial charge in [0.25, 0.3) is 0 Å². The first-order valence-corrected chi connectivity index (χ1v) is 12.0. The average molecular weight is 459 g/mol. The summed E-state index contributed by atoms with van der Waals surface area (Å²) < 4.78 is 13.7. The Bertz CT molecular complexity index is 1440. The molecular weight excluding hydrogens is 434 g/mol. The van der Waals surface area contributed by atoms with Gasteiger partial charge in [0, 0.05) is 47.3 Å². The van der Waals surface area contributed by atoms with Gasteiger partial charge in [-0.1, -0.05) is 16.8 Å². The molecule has 0 unspecified atom stereocenters. The third kappa shape index (κ3) is 3.65. The van der Waals surface area contributed by atoms with Crippen LogP contribution >= 0.6 is 11.5 Å². The molecule has 2 aliphatic rings. The number of fused-ring (bicyclic) bond motifs is 2. The quantitative estimate of drug-likeness (QED) is 0.415. The molecule has 2 N–H and O–H groups in total. The first kappa shape index (κ1) is 20.3. The van der Waals surface area contributed by atoms with Crippen LogP contribution in [0.5, 0.6) is 0 Å². The molecule has 8 heteroatoms. The zero-order valence-corrected chi connectivity index (χ0v) is 19.0. The number of rotatable bonds is 4. The topological polar surface area (TPSA) is 86.5 Å². The molecule has 1 aromatic carbocycles. The largest absolute Gasteiger partial charge is 0.452 e. The van der Waals surface area contributed by atoms with Gasteiger partial charge in [0.05, 0.1) is 16.4 Å². The van der Waals surface area contributed by atoms with Gasteiger partial charge in [0.1, 0.15) is 12.0 Å². The van der Waals surface area contributed by atoms with Gasteiger partial charge >= 0.3 is 0 Å². The van der Waals surface area contributed by atoms with Gasteiger partial charge in [0.2, 0.25) is 6.20 Å². The van der Waals surface area contributed by atoms with Crippen LogP contribution < -0.4 is 5.32 Å². The van der Waals surface area contributed by atoms with Gasteiger partial charge < -0.3 is 14.8 Å².